The third-order valence-corrected chi connectivity index (χ3v) is 7.94. The van der Waals surface area contributed by atoms with Gasteiger partial charge in [0.2, 0.25) is 9.84 Å². The lowest BCUT2D eigenvalue weighted by Gasteiger charge is -2.13. The summed E-state index contributed by atoms with van der Waals surface area (Å²) in [5.41, 5.74) is 8.24. The predicted molar refractivity (Wildman–Crippen MR) is 120 cm³/mol. The van der Waals surface area contributed by atoms with E-state index in [0.717, 1.165) is 12.8 Å². The number of halogens is 2. The van der Waals surface area contributed by atoms with E-state index in [4.69, 9.17) is 33.7 Å². The van der Waals surface area contributed by atoms with Crippen molar-refractivity contribution in [3.8, 4) is 0 Å². The topological polar surface area (TPSA) is 100 Å². The lowest BCUT2D eigenvalue weighted by molar-refractivity contribution is 0.0983. The molecule has 160 valence electrons. The van der Waals surface area contributed by atoms with Crippen LogP contribution in [0.2, 0.25) is 10.0 Å². The number of ether oxygens (including phenoxy) is 1. The van der Waals surface area contributed by atoms with Gasteiger partial charge in [0, 0.05) is 11.6 Å². The molecule has 5 rings (SSSR count). The molecule has 7 nitrogen and oxygen atoms in total. The van der Waals surface area contributed by atoms with Crippen LogP contribution in [0.15, 0.2) is 52.3 Å². The Morgan fingerprint density at radius 1 is 1.13 bits per heavy atom. The minimum absolute atomic E-state index is 0.0526. The molecule has 1 aliphatic rings. The quantitative estimate of drug-likeness (QED) is 0.465. The lowest BCUT2D eigenvalue weighted by atomic mass is 10.2. The van der Waals surface area contributed by atoms with Gasteiger partial charge in [0.05, 0.1) is 33.6 Å². The van der Waals surface area contributed by atoms with Gasteiger partial charge in [0.1, 0.15) is 16.2 Å². The molecule has 0 amide bonds. The van der Waals surface area contributed by atoms with E-state index in [9.17, 15) is 8.42 Å². The summed E-state index contributed by atoms with van der Waals surface area (Å²) in [6.07, 6.45) is 1.74. The van der Waals surface area contributed by atoms with E-state index in [-0.39, 0.29) is 37.3 Å². The molecule has 1 aliphatic heterocycles. The van der Waals surface area contributed by atoms with Crippen molar-refractivity contribution in [2.75, 3.05) is 12.3 Å². The number of nitrogen functional groups attached to an aromatic ring is 1. The zero-order valence-corrected chi connectivity index (χ0v) is 18.6. The van der Waals surface area contributed by atoms with E-state index in [1.807, 2.05) is 18.2 Å². The number of para-hydroxylation sites is 2. The lowest BCUT2D eigenvalue weighted by Crippen LogP contribution is -2.17. The molecule has 2 aromatic heterocycles. The van der Waals surface area contributed by atoms with Crippen molar-refractivity contribution in [1.82, 2.24) is 14.5 Å². The molecule has 0 spiro atoms. The highest BCUT2D eigenvalue weighted by molar-refractivity contribution is 7.92. The van der Waals surface area contributed by atoms with Crippen molar-refractivity contribution in [3.05, 3.63) is 52.5 Å². The molecule has 0 bridgehead atoms. The third-order valence-electron chi connectivity index (χ3n) is 5.41. The number of nitrogens with zero attached hydrogens (tertiary/aromatic N) is 3. The van der Waals surface area contributed by atoms with E-state index in [1.54, 1.807) is 10.6 Å². The van der Waals surface area contributed by atoms with Crippen molar-refractivity contribution in [2.45, 2.75) is 35.3 Å². The van der Waals surface area contributed by atoms with Crippen molar-refractivity contribution < 1.29 is 13.2 Å². The monoisotopic (exact) mass is 476 g/mol. The predicted octanol–water partition coefficient (Wildman–Crippen LogP) is 4.49. The number of hydrogen-bond acceptors (Lipinski definition) is 6. The summed E-state index contributed by atoms with van der Waals surface area (Å²) in [4.78, 5) is 9.06. The second-order valence-electron chi connectivity index (χ2n) is 7.42. The highest BCUT2D eigenvalue weighted by Gasteiger charge is 2.33. The second-order valence-corrected chi connectivity index (χ2v) is 10.1. The molecule has 2 N–H and O–H groups in total. The summed E-state index contributed by atoms with van der Waals surface area (Å²) in [6.45, 7) is 1.05. The van der Waals surface area contributed by atoms with Crippen LogP contribution in [0.3, 0.4) is 0 Å². The minimum atomic E-state index is -4.14. The van der Waals surface area contributed by atoms with Crippen LogP contribution in [0.25, 0.3) is 22.2 Å². The van der Waals surface area contributed by atoms with Crippen molar-refractivity contribution in [3.63, 3.8) is 0 Å². The van der Waals surface area contributed by atoms with Gasteiger partial charge >= 0.3 is 0 Å². The number of fused-ring (bicyclic) bond motifs is 2. The first-order valence-electron chi connectivity index (χ1n) is 9.72. The Labute approximate surface area is 188 Å². The largest absolute Gasteiger partial charge is 0.384 e. The average molecular weight is 477 g/mol. The fourth-order valence-corrected chi connectivity index (χ4v) is 6.19. The van der Waals surface area contributed by atoms with Gasteiger partial charge < -0.3 is 15.0 Å². The third kappa shape index (κ3) is 3.43. The highest BCUT2D eigenvalue weighted by atomic mass is 35.5. The highest BCUT2D eigenvalue weighted by Crippen LogP contribution is 2.38. The number of aromatic nitrogens is 3. The van der Waals surface area contributed by atoms with Gasteiger partial charge in [-0.15, -0.1) is 0 Å². The summed E-state index contributed by atoms with van der Waals surface area (Å²) in [6, 6.07) is 11.6. The molecule has 0 aliphatic carbocycles. The number of anilines is 1. The second kappa shape index (κ2) is 7.63. The number of benzene rings is 2. The molecular weight excluding hydrogens is 459 g/mol. The molecule has 1 saturated heterocycles. The van der Waals surface area contributed by atoms with Gasteiger partial charge in [-0.25, -0.2) is 18.4 Å². The van der Waals surface area contributed by atoms with E-state index in [0.29, 0.717) is 29.8 Å². The summed E-state index contributed by atoms with van der Waals surface area (Å²) in [5.74, 6) is 0.0526. The van der Waals surface area contributed by atoms with Gasteiger partial charge in [0.15, 0.2) is 5.65 Å². The Bertz CT molecular complexity index is 1430. The Morgan fingerprint density at radius 2 is 1.87 bits per heavy atom. The zero-order valence-electron chi connectivity index (χ0n) is 16.3. The van der Waals surface area contributed by atoms with Crippen LogP contribution in [0.4, 0.5) is 5.82 Å². The standard InChI is InChI=1S/C21H18Cl2N4O3S/c22-12-7-8-14(23)17(10-12)31(28,29)19-18-21(26-16-6-2-1-5-15(16)25-18)27(20(19)24)11-13-4-3-9-30-13/h1-2,5-8,10,13H,3-4,9,11,24H2/t13-/m0/s1. The average Bonchev–Trinajstić information content (AvgIpc) is 3.35. The number of rotatable bonds is 4. The van der Waals surface area contributed by atoms with Crippen LogP contribution in [0, 0.1) is 0 Å². The summed E-state index contributed by atoms with van der Waals surface area (Å²) in [7, 11) is -4.14. The Kier molecular flexibility index (Phi) is 5.05. The van der Waals surface area contributed by atoms with Gasteiger partial charge in [-0.3, -0.25) is 0 Å². The van der Waals surface area contributed by atoms with Crippen LogP contribution in [-0.2, 0) is 21.1 Å². The van der Waals surface area contributed by atoms with Crippen molar-refractivity contribution in [1.29, 1.82) is 0 Å². The molecular formula is C21H18Cl2N4O3S. The summed E-state index contributed by atoms with van der Waals surface area (Å²) >= 11 is 12.3. The summed E-state index contributed by atoms with van der Waals surface area (Å²) < 4.78 is 34.8. The zero-order chi connectivity index (χ0) is 21.8. The number of nitrogens with two attached hydrogens (primary N) is 1. The fourth-order valence-electron chi connectivity index (χ4n) is 3.92. The van der Waals surface area contributed by atoms with E-state index >= 15 is 0 Å². The van der Waals surface area contributed by atoms with E-state index in [2.05, 4.69) is 9.97 Å². The van der Waals surface area contributed by atoms with Crippen LogP contribution >= 0.6 is 23.2 Å². The maximum Gasteiger partial charge on any atom is 0.213 e. The molecule has 0 saturated carbocycles. The van der Waals surface area contributed by atoms with Crippen molar-refractivity contribution >= 4 is 61.1 Å². The molecule has 1 atom stereocenters. The fraction of sp³-hybridized carbons (Fsp3) is 0.238. The molecule has 3 heterocycles. The van der Waals surface area contributed by atoms with Crippen LogP contribution in [0.1, 0.15) is 12.8 Å². The smallest absolute Gasteiger partial charge is 0.213 e. The minimum Gasteiger partial charge on any atom is -0.384 e. The Balaban J connectivity index is 1.81. The van der Waals surface area contributed by atoms with Crippen LogP contribution < -0.4 is 5.73 Å². The Morgan fingerprint density at radius 3 is 2.58 bits per heavy atom. The number of sulfone groups is 1. The molecule has 2 aromatic carbocycles. The first kappa shape index (κ1) is 20.5. The van der Waals surface area contributed by atoms with Gasteiger partial charge in [-0.2, -0.15) is 0 Å². The van der Waals surface area contributed by atoms with Gasteiger partial charge in [-0.1, -0.05) is 35.3 Å². The molecule has 10 heteroatoms. The molecule has 31 heavy (non-hydrogen) atoms. The molecule has 0 radical (unpaired) electrons. The van der Waals surface area contributed by atoms with Crippen LogP contribution in [0.5, 0.6) is 0 Å². The van der Waals surface area contributed by atoms with Crippen molar-refractivity contribution in [2.24, 2.45) is 0 Å². The Hall–Kier alpha value is -2.39. The maximum absolute atomic E-state index is 13.7. The SMILES string of the molecule is Nc1c(S(=O)(=O)c2cc(Cl)ccc2Cl)c2nc3ccccc3nc2n1C[C@@H]1CCCO1. The van der Waals surface area contributed by atoms with Crippen LogP contribution in [-0.4, -0.2) is 35.7 Å². The normalized spacial score (nSPS) is 17.0. The van der Waals surface area contributed by atoms with Gasteiger partial charge in [0.25, 0.3) is 0 Å². The number of hydrogen-bond donors (Lipinski definition) is 1. The maximum atomic E-state index is 13.7. The van der Waals surface area contributed by atoms with Gasteiger partial charge in [-0.05, 0) is 43.2 Å². The summed E-state index contributed by atoms with van der Waals surface area (Å²) in [5, 5.41) is 0.304. The molecule has 1 fully saturated rings. The van der Waals surface area contributed by atoms with E-state index in [1.165, 1.54) is 18.2 Å². The first-order valence-corrected chi connectivity index (χ1v) is 12.0. The first-order chi connectivity index (χ1) is 14.9. The van der Waals surface area contributed by atoms with E-state index < -0.39 is 9.84 Å². The molecule has 4 aromatic rings. The molecule has 0 unspecified atom stereocenters.